The van der Waals surface area contributed by atoms with Gasteiger partial charge in [0.05, 0.1) is 36.8 Å². The number of fused-ring (bicyclic) bond motifs is 2. The average molecular weight is 1140 g/mol. The van der Waals surface area contributed by atoms with E-state index in [1.807, 2.05) is 68.1 Å². The number of likely N-dealkylation sites (tertiary alicyclic amines) is 2. The van der Waals surface area contributed by atoms with Gasteiger partial charge in [0, 0.05) is 95.7 Å². The lowest BCUT2D eigenvalue weighted by atomic mass is 9.85. The fourth-order valence-corrected chi connectivity index (χ4v) is 13.1. The van der Waals surface area contributed by atoms with Crippen molar-refractivity contribution in [2.75, 3.05) is 52.8 Å². The summed E-state index contributed by atoms with van der Waals surface area (Å²) in [5.41, 5.74) is 3.03. The maximum absolute atomic E-state index is 14.8. The highest BCUT2D eigenvalue weighted by Crippen LogP contribution is 2.43. The Kier molecular flexibility index (Phi) is 25.8. The smallest absolute Gasteiger partial charge is 0.251 e. The van der Waals surface area contributed by atoms with Gasteiger partial charge in [0.2, 0.25) is 29.5 Å². The van der Waals surface area contributed by atoms with Crippen LogP contribution in [0.25, 0.3) is 0 Å². The van der Waals surface area contributed by atoms with Gasteiger partial charge in [0.25, 0.3) is 5.91 Å². The number of likely N-dealkylation sites (N-methyl/N-ethyl adjacent to an activating group) is 1. The number of carbonyl (C=O) groups excluding carboxylic acids is 7. The standard InChI is InChI=1S/C65H97N7O10/c1-10-44(4)60(69(7)65(80)59(43(2)3)68-64(79)61-49-29-32-52(39-49)71(61)35-18-11-12-20-37-73)55(81-8)41-58(77)72-36-21-24-53(72)62(82-9)46(6)54(74)40-50(38-47-22-15-13-16-23-47)63(78)67-51-30-27-48(28-31-51)42-66-56(75)25-17-14-19-34-70-45(5)26-33-57(70)76/h13,15-16,22-23,26-28,30-31,33,43-44,46,49-50,52-53,55,59-62,73H,5,10-12,14,17-21,24-25,29,32,34-42H2,1-4,6-9H3,(H,66,75)(H,67,78)(H,68,79)/t44-,46-,49-,50+,52-,53-,55+,59-,60-,61-,62+/m0/s1. The molecule has 452 valence electrons. The van der Waals surface area contributed by atoms with Gasteiger partial charge in [-0.15, -0.1) is 0 Å². The van der Waals surface area contributed by atoms with E-state index in [-0.39, 0.29) is 84.5 Å². The molecular weight excluding hydrogens is 1040 g/mol. The number of nitrogens with one attached hydrogen (secondary N) is 3. The Hall–Kier alpha value is -5.75. The molecule has 0 spiro atoms. The normalized spacial score (nSPS) is 21.3. The molecular formula is C65H97N7O10. The van der Waals surface area contributed by atoms with Crippen LogP contribution in [0.5, 0.6) is 0 Å². The molecule has 11 atom stereocenters. The van der Waals surface area contributed by atoms with E-state index < -0.39 is 42.2 Å². The number of aliphatic hydroxyl groups excluding tert-OH is 1. The zero-order valence-corrected chi connectivity index (χ0v) is 50.5. The number of carbonyl (C=O) groups is 7. The summed E-state index contributed by atoms with van der Waals surface area (Å²) < 4.78 is 12.3. The number of rotatable bonds is 35. The highest BCUT2D eigenvalue weighted by molar-refractivity contribution is 5.96. The topological polar surface area (TPSA) is 207 Å². The predicted octanol–water partition coefficient (Wildman–Crippen LogP) is 8.00. The summed E-state index contributed by atoms with van der Waals surface area (Å²) in [4.78, 5) is 104. The Morgan fingerprint density at radius 2 is 1.54 bits per heavy atom. The summed E-state index contributed by atoms with van der Waals surface area (Å²) in [6, 6.07) is 15.3. The predicted molar refractivity (Wildman–Crippen MR) is 319 cm³/mol. The fourth-order valence-electron chi connectivity index (χ4n) is 13.1. The number of Topliss-reactive ketones (excluding diaryl/α,β-unsaturated/α-hetero) is 1. The number of aliphatic hydroxyl groups is 1. The van der Waals surface area contributed by atoms with Crippen LogP contribution >= 0.6 is 0 Å². The van der Waals surface area contributed by atoms with Gasteiger partial charge < -0.3 is 45.2 Å². The van der Waals surface area contributed by atoms with Gasteiger partial charge in [-0.25, -0.2) is 0 Å². The number of anilines is 1. The van der Waals surface area contributed by atoms with Gasteiger partial charge in [0.1, 0.15) is 11.8 Å². The number of amides is 6. The van der Waals surface area contributed by atoms with E-state index in [9.17, 15) is 38.7 Å². The first-order valence-corrected chi connectivity index (χ1v) is 30.6. The van der Waals surface area contributed by atoms with Gasteiger partial charge in [-0.05, 0) is 118 Å². The summed E-state index contributed by atoms with van der Waals surface area (Å²) >= 11 is 0. The summed E-state index contributed by atoms with van der Waals surface area (Å²) in [6.07, 6.45) is 13.7. The van der Waals surface area contributed by atoms with Crippen molar-refractivity contribution < 1.29 is 48.1 Å². The van der Waals surface area contributed by atoms with Crippen LogP contribution in [0.3, 0.4) is 0 Å². The van der Waals surface area contributed by atoms with Gasteiger partial charge in [-0.2, -0.15) is 0 Å². The highest BCUT2D eigenvalue weighted by atomic mass is 16.5. The van der Waals surface area contributed by atoms with Crippen molar-refractivity contribution in [2.24, 2.45) is 29.6 Å². The van der Waals surface area contributed by atoms with Crippen LogP contribution in [0.2, 0.25) is 0 Å². The maximum atomic E-state index is 14.8. The van der Waals surface area contributed by atoms with Crippen LogP contribution in [0, 0.1) is 29.6 Å². The minimum atomic E-state index is -0.780. The number of ether oxygens (including phenoxy) is 2. The van der Waals surface area contributed by atoms with E-state index in [1.54, 1.807) is 49.3 Å². The molecule has 4 N–H and O–H groups in total. The van der Waals surface area contributed by atoms with E-state index in [0.29, 0.717) is 75.6 Å². The molecule has 0 unspecified atom stereocenters. The number of nitrogens with zero attached hydrogens (tertiary/aromatic N) is 4. The van der Waals surface area contributed by atoms with Crippen molar-refractivity contribution in [2.45, 2.75) is 193 Å². The number of methoxy groups -OCH3 is 2. The fraction of sp³-hybridized carbons (Fsp3) is 0.646. The van der Waals surface area contributed by atoms with E-state index in [2.05, 4.69) is 41.3 Å². The maximum Gasteiger partial charge on any atom is 0.251 e. The molecule has 0 aromatic heterocycles. The van der Waals surface area contributed by atoms with E-state index >= 15 is 0 Å². The van der Waals surface area contributed by atoms with Crippen LogP contribution in [-0.2, 0) is 56.0 Å². The van der Waals surface area contributed by atoms with Gasteiger partial charge >= 0.3 is 0 Å². The quantitative estimate of drug-likeness (QED) is 0.0487. The first kappa shape index (κ1) is 65.4. The third-order valence-corrected chi connectivity index (χ3v) is 18.1. The Labute approximate surface area is 488 Å². The molecule has 2 saturated heterocycles. The van der Waals surface area contributed by atoms with Crippen molar-refractivity contribution in [3.63, 3.8) is 0 Å². The second kappa shape index (κ2) is 32.3. The number of allylic oxidation sites excluding steroid dienone is 1. The molecule has 17 heteroatoms. The largest absolute Gasteiger partial charge is 0.396 e. The van der Waals surface area contributed by atoms with Crippen molar-refractivity contribution in [1.29, 1.82) is 0 Å². The monoisotopic (exact) mass is 1140 g/mol. The SMILES string of the molecule is C=C1C=CC(=O)N1CCCCCC(=O)NCc1ccc(NC(=O)[C@@H](CC(=O)[C@H](C)[C@@H](OC)[C@@H]2CCCN2C(=O)C[C@@H](OC)[C@H]([C@@H](C)CC)N(C)C(=O)[C@@H](NC(=O)[C@@H]2[C@H]3CC[C@@H](C3)N2CCCCCCO)C(C)C)Cc2ccccc2)cc1. The van der Waals surface area contributed by atoms with E-state index in [4.69, 9.17) is 9.47 Å². The average Bonchev–Trinajstić information content (AvgIpc) is 4.43. The summed E-state index contributed by atoms with van der Waals surface area (Å²) in [5.74, 6) is -2.44. The second-order valence-corrected chi connectivity index (χ2v) is 24.0. The molecule has 4 aliphatic rings. The molecule has 3 fully saturated rings. The molecule has 0 radical (unpaired) electrons. The number of benzene rings is 2. The zero-order chi connectivity index (χ0) is 59.5. The van der Waals surface area contributed by atoms with Crippen molar-refractivity contribution in [3.05, 3.63) is 90.2 Å². The Morgan fingerprint density at radius 1 is 0.829 bits per heavy atom. The molecule has 2 aromatic carbocycles. The minimum absolute atomic E-state index is 0.00883. The summed E-state index contributed by atoms with van der Waals surface area (Å²) in [7, 11) is 4.90. The van der Waals surface area contributed by atoms with Gasteiger partial charge in [0.15, 0.2) is 0 Å². The van der Waals surface area contributed by atoms with Crippen LogP contribution in [0.15, 0.2) is 79.0 Å². The van der Waals surface area contributed by atoms with E-state index in [1.165, 1.54) is 6.08 Å². The van der Waals surface area contributed by atoms with E-state index in [0.717, 1.165) is 75.5 Å². The second-order valence-electron chi connectivity index (χ2n) is 24.0. The van der Waals surface area contributed by atoms with Crippen molar-refractivity contribution >= 4 is 46.9 Å². The third kappa shape index (κ3) is 17.6. The lowest BCUT2D eigenvalue weighted by Crippen LogP contribution is -2.60. The molecule has 3 heterocycles. The number of unbranched alkanes of at least 4 members (excludes halogenated alkanes) is 5. The highest BCUT2D eigenvalue weighted by Gasteiger charge is 2.50. The number of piperidine rings is 1. The molecule has 6 rings (SSSR count). The molecule has 2 aromatic rings. The molecule has 1 aliphatic carbocycles. The first-order chi connectivity index (χ1) is 39.4. The number of hydrogen-bond acceptors (Lipinski definition) is 11. The number of ketones is 1. The first-order valence-electron chi connectivity index (χ1n) is 30.6. The lowest BCUT2D eigenvalue weighted by molar-refractivity contribution is -0.148. The van der Waals surface area contributed by atoms with Gasteiger partial charge in [-0.3, -0.25) is 38.5 Å². The molecule has 1 saturated carbocycles. The van der Waals surface area contributed by atoms with Crippen molar-refractivity contribution in [3.8, 4) is 0 Å². The Balaban J connectivity index is 1.05. The zero-order valence-electron chi connectivity index (χ0n) is 50.5. The Morgan fingerprint density at radius 3 is 2.20 bits per heavy atom. The number of hydrogen-bond donors (Lipinski definition) is 4. The molecule has 82 heavy (non-hydrogen) atoms. The van der Waals surface area contributed by atoms with Crippen LogP contribution in [0.1, 0.15) is 148 Å². The summed E-state index contributed by atoms with van der Waals surface area (Å²) in [6.45, 7) is 16.1. The van der Waals surface area contributed by atoms with Crippen molar-refractivity contribution in [1.82, 2.24) is 30.2 Å². The van der Waals surface area contributed by atoms with Gasteiger partial charge in [-0.1, -0.05) is 109 Å². The Bertz CT molecular complexity index is 2450. The molecule has 2 bridgehead atoms. The molecule has 3 aliphatic heterocycles. The van der Waals surface area contributed by atoms with Crippen LogP contribution in [0.4, 0.5) is 5.69 Å². The lowest BCUT2D eigenvalue weighted by Gasteiger charge is -2.41. The summed E-state index contributed by atoms with van der Waals surface area (Å²) in [5, 5.41) is 18.5. The third-order valence-electron chi connectivity index (χ3n) is 18.1. The minimum Gasteiger partial charge on any atom is -0.396 e. The van der Waals surface area contributed by atoms with Crippen LogP contribution in [-0.4, -0.2) is 156 Å². The molecule has 17 nitrogen and oxygen atoms in total. The van der Waals surface area contributed by atoms with Crippen LogP contribution < -0.4 is 16.0 Å². The molecule has 6 amide bonds.